The van der Waals surface area contributed by atoms with Gasteiger partial charge in [-0.05, 0) is 26.2 Å². The summed E-state index contributed by atoms with van der Waals surface area (Å²) in [7, 11) is 4.05. The van der Waals surface area contributed by atoms with Crippen LogP contribution in [0, 0.1) is 0 Å². The van der Waals surface area contributed by atoms with Gasteiger partial charge in [-0.15, -0.1) is 0 Å². The van der Waals surface area contributed by atoms with Gasteiger partial charge < -0.3 is 4.90 Å². The normalized spacial score (nSPS) is 11.2. The van der Waals surface area contributed by atoms with Crippen LogP contribution >= 0.6 is 0 Å². The summed E-state index contributed by atoms with van der Waals surface area (Å²) in [6, 6.07) is 9.95. The summed E-state index contributed by atoms with van der Waals surface area (Å²) in [4.78, 5) is 6.36. The Morgan fingerprint density at radius 1 is 1.25 bits per heavy atom. The molecule has 1 aromatic carbocycles. The summed E-state index contributed by atoms with van der Waals surface area (Å²) in [5.74, 6) is 0. The van der Waals surface area contributed by atoms with E-state index in [-0.39, 0.29) is 0 Å². The Morgan fingerprint density at radius 2 is 1.92 bits per heavy atom. The number of nitrogens with zero attached hydrogens (tertiary/aromatic N) is 2. The lowest BCUT2D eigenvalue weighted by atomic mass is 10.3. The molecule has 0 saturated heterocycles. The second kappa shape index (κ2) is 4.67. The summed E-state index contributed by atoms with van der Waals surface area (Å²) >= 11 is 0. The van der Waals surface area contributed by atoms with Crippen LogP contribution in [0.3, 0.4) is 0 Å². The molecule has 0 atom stereocenters. The average molecular weight is 162 g/mol. The Balaban J connectivity index is 2.47. The standard InChI is InChI=1S/C10H14N2/c1-12(2)9-8-11-10-6-4-3-5-7-10/h3-8H,9H2,1-2H3. The van der Waals surface area contributed by atoms with Crippen molar-refractivity contribution in [3.8, 4) is 0 Å². The first kappa shape index (κ1) is 8.94. The molecule has 0 bridgehead atoms. The van der Waals surface area contributed by atoms with Crippen LogP contribution in [0.5, 0.6) is 0 Å². The van der Waals surface area contributed by atoms with Crippen LogP contribution < -0.4 is 0 Å². The van der Waals surface area contributed by atoms with Crippen molar-refractivity contribution in [2.75, 3.05) is 20.6 Å². The molecule has 2 nitrogen and oxygen atoms in total. The molecular formula is C10H14N2. The van der Waals surface area contributed by atoms with Gasteiger partial charge in [-0.1, -0.05) is 18.2 Å². The molecule has 0 radical (unpaired) electrons. The van der Waals surface area contributed by atoms with Crippen LogP contribution in [0.4, 0.5) is 5.69 Å². The number of hydrogen-bond donors (Lipinski definition) is 0. The minimum absolute atomic E-state index is 0.884. The number of para-hydroxylation sites is 1. The lowest BCUT2D eigenvalue weighted by Crippen LogP contribution is -2.13. The lowest BCUT2D eigenvalue weighted by molar-refractivity contribution is 0.473. The van der Waals surface area contributed by atoms with Crippen molar-refractivity contribution in [1.82, 2.24) is 4.90 Å². The van der Waals surface area contributed by atoms with Gasteiger partial charge in [0.2, 0.25) is 0 Å². The van der Waals surface area contributed by atoms with E-state index in [0.29, 0.717) is 0 Å². The number of aliphatic imine (C=N–C) groups is 1. The van der Waals surface area contributed by atoms with Gasteiger partial charge in [-0.2, -0.15) is 0 Å². The highest BCUT2D eigenvalue weighted by atomic mass is 15.1. The van der Waals surface area contributed by atoms with E-state index in [2.05, 4.69) is 9.89 Å². The van der Waals surface area contributed by atoms with Crippen molar-refractivity contribution in [2.45, 2.75) is 0 Å². The van der Waals surface area contributed by atoms with E-state index in [0.717, 1.165) is 12.2 Å². The molecule has 0 saturated carbocycles. The maximum absolute atomic E-state index is 4.28. The molecule has 0 aliphatic carbocycles. The monoisotopic (exact) mass is 162 g/mol. The molecule has 0 N–H and O–H groups in total. The molecule has 0 fully saturated rings. The number of benzene rings is 1. The van der Waals surface area contributed by atoms with Crippen molar-refractivity contribution >= 4 is 11.9 Å². The largest absolute Gasteiger partial charge is 0.304 e. The second-order valence-corrected chi connectivity index (χ2v) is 2.91. The molecule has 0 aliphatic heterocycles. The number of hydrogen-bond acceptors (Lipinski definition) is 2. The van der Waals surface area contributed by atoms with E-state index in [1.807, 2.05) is 50.6 Å². The Labute approximate surface area is 73.5 Å². The molecular weight excluding hydrogens is 148 g/mol. The van der Waals surface area contributed by atoms with Gasteiger partial charge in [-0.3, -0.25) is 4.99 Å². The summed E-state index contributed by atoms with van der Waals surface area (Å²) in [6.07, 6.45) is 1.91. The van der Waals surface area contributed by atoms with Gasteiger partial charge in [0.1, 0.15) is 0 Å². The Kier molecular flexibility index (Phi) is 3.48. The molecule has 1 rings (SSSR count). The van der Waals surface area contributed by atoms with E-state index in [1.54, 1.807) is 0 Å². The highest BCUT2D eigenvalue weighted by Gasteiger charge is 1.84. The Hall–Kier alpha value is -1.15. The maximum atomic E-state index is 4.28. The van der Waals surface area contributed by atoms with Gasteiger partial charge in [0.25, 0.3) is 0 Å². The lowest BCUT2D eigenvalue weighted by Gasteiger charge is -2.02. The third-order valence-corrected chi connectivity index (χ3v) is 1.44. The predicted octanol–water partition coefficient (Wildman–Crippen LogP) is 1.95. The average Bonchev–Trinajstić information content (AvgIpc) is 2.05. The molecule has 2 heteroatoms. The number of rotatable bonds is 3. The molecule has 0 spiro atoms. The molecule has 1 aromatic rings. The molecule has 0 unspecified atom stereocenters. The van der Waals surface area contributed by atoms with Crippen molar-refractivity contribution in [3.63, 3.8) is 0 Å². The van der Waals surface area contributed by atoms with E-state index >= 15 is 0 Å². The summed E-state index contributed by atoms with van der Waals surface area (Å²) in [5.41, 5.74) is 1.01. The van der Waals surface area contributed by atoms with Crippen LogP contribution in [0.25, 0.3) is 0 Å². The van der Waals surface area contributed by atoms with E-state index in [1.165, 1.54) is 0 Å². The van der Waals surface area contributed by atoms with Crippen molar-refractivity contribution in [2.24, 2.45) is 4.99 Å². The molecule has 0 heterocycles. The molecule has 64 valence electrons. The predicted molar refractivity (Wildman–Crippen MR) is 53.1 cm³/mol. The van der Waals surface area contributed by atoms with Crippen molar-refractivity contribution < 1.29 is 0 Å². The van der Waals surface area contributed by atoms with Gasteiger partial charge in [0.05, 0.1) is 5.69 Å². The first-order valence-corrected chi connectivity index (χ1v) is 4.01. The zero-order valence-corrected chi connectivity index (χ0v) is 7.57. The molecule has 0 aromatic heterocycles. The van der Waals surface area contributed by atoms with Crippen LogP contribution in [-0.2, 0) is 0 Å². The highest BCUT2D eigenvalue weighted by molar-refractivity contribution is 5.64. The zero-order chi connectivity index (χ0) is 8.81. The minimum atomic E-state index is 0.884. The SMILES string of the molecule is CN(C)CC=Nc1ccccc1. The van der Waals surface area contributed by atoms with Gasteiger partial charge in [0, 0.05) is 12.8 Å². The van der Waals surface area contributed by atoms with E-state index in [4.69, 9.17) is 0 Å². The maximum Gasteiger partial charge on any atom is 0.0626 e. The summed E-state index contributed by atoms with van der Waals surface area (Å²) < 4.78 is 0. The van der Waals surface area contributed by atoms with E-state index < -0.39 is 0 Å². The fraction of sp³-hybridized carbons (Fsp3) is 0.300. The van der Waals surface area contributed by atoms with Gasteiger partial charge in [-0.25, -0.2) is 0 Å². The Morgan fingerprint density at radius 3 is 2.50 bits per heavy atom. The van der Waals surface area contributed by atoms with Crippen molar-refractivity contribution in [1.29, 1.82) is 0 Å². The topological polar surface area (TPSA) is 15.6 Å². The minimum Gasteiger partial charge on any atom is -0.304 e. The van der Waals surface area contributed by atoms with Gasteiger partial charge in [0.15, 0.2) is 0 Å². The summed E-state index contributed by atoms with van der Waals surface area (Å²) in [6.45, 7) is 0.884. The third-order valence-electron chi connectivity index (χ3n) is 1.44. The van der Waals surface area contributed by atoms with Crippen LogP contribution in [0.1, 0.15) is 0 Å². The highest BCUT2D eigenvalue weighted by Crippen LogP contribution is 2.07. The fourth-order valence-electron chi connectivity index (χ4n) is 0.824. The van der Waals surface area contributed by atoms with E-state index in [9.17, 15) is 0 Å². The quantitative estimate of drug-likeness (QED) is 0.620. The van der Waals surface area contributed by atoms with Gasteiger partial charge >= 0.3 is 0 Å². The van der Waals surface area contributed by atoms with Crippen LogP contribution in [-0.4, -0.2) is 31.8 Å². The molecule has 0 amide bonds. The third kappa shape index (κ3) is 3.30. The second-order valence-electron chi connectivity index (χ2n) is 2.91. The van der Waals surface area contributed by atoms with Crippen LogP contribution in [0.2, 0.25) is 0 Å². The zero-order valence-electron chi connectivity index (χ0n) is 7.57. The Bertz CT molecular complexity index is 239. The van der Waals surface area contributed by atoms with Crippen molar-refractivity contribution in [3.05, 3.63) is 30.3 Å². The fourth-order valence-corrected chi connectivity index (χ4v) is 0.824. The first-order chi connectivity index (χ1) is 5.79. The smallest absolute Gasteiger partial charge is 0.0626 e. The molecule has 12 heavy (non-hydrogen) atoms. The molecule has 0 aliphatic rings. The first-order valence-electron chi connectivity index (χ1n) is 4.01. The van der Waals surface area contributed by atoms with Crippen LogP contribution in [0.15, 0.2) is 35.3 Å². The summed E-state index contributed by atoms with van der Waals surface area (Å²) in [5, 5.41) is 0.